The van der Waals surface area contributed by atoms with E-state index in [-0.39, 0.29) is 16.1 Å². The summed E-state index contributed by atoms with van der Waals surface area (Å²) in [6, 6.07) is 4.16. The Kier molecular flexibility index (Phi) is 6.17. The van der Waals surface area contributed by atoms with Gasteiger partial charge in [-0.15, -0.1) is 0 Å². The predicted octanol–water partition coefficient (Wildman–Crippen LogP) is 1.87. The first-order valence-electron chi connectivity index (χ1n) is 6.86. The highest BCUT2D eigenvalue weighted by molar-refractivity contribution is 7.89. The van der Waals surface area contributed by atoms with Gasteiger partial charge in [0.2, 0.25) is 10.0 Å². The maximum Gasteiger partial charge on any atom is 0.339 e. The molecule has 21 heavy (non-hydrogen) atoms. The summed E-state index contributed by atoms with van der Waals surface area (Å²) in [5.74, 6) is -0.694. The van der Waals surface area contributed by atoms with E-state index in [1.54, 1.807) is 6.92 Å². The first kappa shape index (κ1) is 17.5. The summed E-state index contributed by atoms with van der Waals surface area (Å²) < 4.78 is 31.4. The molecule has 1 aromatic carbocycles. The number of nitrogen functional groups attached to an aromatic ring is 1. The number of nitrogens with two attached hydrogens (primary N) is 1. The fraction of sp³-hybridized carbons (Fsp3) is 0.500. The van der Waals surface area contributed by atoms with Crippen LogP contribution >= 0.6 is 0 Å². The molecular formula is C14H22N2O4S. The molecule has 1 rings (SSSR count). The molecule has 118 valence electrons. The van der Waals surface area contributed by atoms with Gasteiger partial charge in [-0.3, -0.25) is 0 Å². The van der Waals surface area contributed by atoms with Crippen molar-refractivity contribution in [1.82, 2.24) is 4.31 Å². The maximum atomic E-state index is 12.7. The first-order valence-corrected chi connectivity index (χ1v) is 8.30. The van der Waals surface area contributed by atoms with E-state index in [4.69, 9.17) is 5.73 Å². The number of carbonyl (C=O) groups is 1. The van der Waals surface area contributed by atoms with Crippen LogP contribution < -0.4 is 5.73 Å². The van der Waals surface area contributed by atoms with Gasteiger partial charge in [-0.05, 0) is 24.6 Å². The Morgan fingerprint density at radius 1 is 1.33 bits per heavy atom. The van der Waals surface area contributed by atoms with Crippen molar-refractivity contribution in [3.05, 3.63) is 23.8 Å². The van der Waals surface area contributed by atoms with Crippen LogP contribution in [0.2, 0.25) is 0 Å². The van der Waals surface area contributed by atoms with Gasteiger partial charge in [0.05, 0.1) is 17.6 Å². The van der Waals surface area contributed by atoms with Gasteiger partial charge >= 0.3 is 5.97 Å². The SMILES string of the molecule is CCCCN(CC)S(=O)(=O)c1cc(N)ccc1C(=O)OC. The van der Waals surface area contributed by atoms with Crippen LogP contribution in [0.3, 0.4) is 0 Å². The summed E-state index contributed by atoms with van der Waals surface area (Å²) in [6.45, 7) is 4.49. The van der Waals surface area contributed by atoms with E-state index in [0.717, 1.165) is 12.8 Å². The third-order valence-electron chi connectivity index (χ3n) is 3.14. The Hall–Kier alpha value is -1.60. The fourth-order valence-electron chi connectivity index (χ4n) is 1.95. The van der Waals surface area contributed by atoms with Crippen LogP contribution in [0, 0.1) is 0 Å². The second-order valence-corrected chi connectivity index (χ2v) is 6.50. The highest BCUT2D eigenvalue weighted by atomic mass is 32.2. The number of ether oxygens (including phenoxy) is 1. The summed E-state index contributed by atoms with van der Waals surface area (Å²) in [5.41, 5.74) is 5.96. The van der Waals surface area contributed by atoms with Crippen LogP contribution in [-0.4, -0.2) is 38.9 Å². The topological polar surface area (TPSA) is 89.7 Å². The van der Waals surface area contributed by atoms with Gasteiger partial charge < -0.3 is 10.5 Å². The maximum absolute atomic E-state index is 12.7. The van der Waals surface area contributed by atoms with E-state index >= 15 is 0 Å². The third-order valence-corrected chi connectivity index (χ3v) is 5.16. The van der Waals surface area contributed by atoms with E-state index in [9.17, 15) is 13.2 Å². The minimum absolute atomic E-state index is 0.00153. The Balaban J connectivity index is 3.35. The van der Waals surface area contributed by atoms with E-state index in [0.29, 0.717) is 13.1 Å². The van der Waals surface area contributed by atoms with E-state index in [2.05, 4.69) is 4.74 Å². The molecule has 0 aromatic heterocycles. The van der Waals surface area contributed by atoms with Gasteiger partial charge in [0, 0.05) is 18.8 Å². The number of sulfonamides is 1. The van der Waals surface area contributed by atoms with Crippen molar-refractivity contribution in [2.45, 2.75) is 31.6 Å². The molecule has 0 radical (unpaired) electrons. The molecule has 0 bridgehead atoms. The van der Waals surface area contributed by atoms with E-state index in [1.165, 1.54) is 29.6 Å². The number of anilines is 1. The largest absolute Gasteiger partial charge is 0.465 e. The smallest absolute Gasteiger partial charge is 0.339 e. The molecule has 0 atom stereocenters. The number of methoxy groups -OCH3 is 1. The van der Waals surface area contributed by atoms with E-state index in [1.807, 2.05) is 6.92 Å². The lowest BCUT2D eigenvalue weighted by molar-refractivity contribution is 0.0596. The molecule has 0 fully saturated rings. The summed E-state index contributed by atoms with van der Waals surface area (Å²) >= 11 is 0. The molecule has 0 saturated carbocycles. The number of unbranched alkanes of at least 4 members (excludes halogenated alkanes) is 1. The van der Waals surface area contributed by atoms with Crippen LogP contribution in [0.4, 0.5) is 5.69 Å². The molecule has 6 nitrogen and oxygen atoms in total. The Labute approximate surface area is 125 Å². The van der Waals surface area contributed by atoms with Crippen LogP contribution in [0.1, 0.15) is 37.0 Å². The van der Waals surface area contributed by atoms with Crippen molar-refractivity contribution in [3.8, 4) is 0 Å². The number of rotatable bonds is 7. The molecular weight excluding hydrogens is 292 g/mol. The zero-order valence-electron chi connectivity index (χ0n) is 12.6. The lowest BCUT2D eigenvalue weighted by atomic mass is 10.2. The molecule has 0 heterocycles. The number of carbonyl (C=O) groups excluding carboxylic acids is 1. The second kappa shape index (κ2) is 7.42. The molecule has 0 aliphatic rings. The monoisotopic (exact) mass is 314 g/mol. The quantitative estimate of drug-likeness (QED) is 0.613. The van der Waals surface area contributed by atoms with Crippen molar-refractivity contribution < 1.29 is 17.9 Å². The van der Waals surface area contributed by atoms with Gasteiger partial charge in [0.1, 0.15) is 0 Å². The highest BCUT2D eigenvalue weighted by Crippen LogP contribution is 2.24. The summed E-state index contributed by atoms with van der Waals surface area (Å²) in [6.07, 6.45) is 1.63. The molecule has 0 unspecified atom stereocenters. The molecule has 0 spiro atoms. The Bertz CT molecular complexity index is 599. The summed E-state index contributed by atoms with van der Waals surface area (Å²) in [5, 5.41) is 0. The van der Waals surface area contributed by atoms with Gasteiger partial charge in [0.25, 0.3) is 0 Å². The minimum atomic E-state index is -3.78. The predicted molar refractivity (Wildman–Crippen MR) is 81.5 cm³/mol. The average molecular weight is 314 g/mol. The Morgan fingerprint density at radius 3 is 2.52 bits per heavy atom. The molecule has 0 aliphatic heterocycles. The van der Waals surface area contributed by atoms with Crippen LogP contribution in [0.25, 0.3) is 0 Å². The fourth-order valence-corrected chi connectivity index (χ4v) is 3.65. The lowest BCUT2D eigenvalue weighted by Crippen LogP contribution is -2.33. The number of esters is 1. The zero-order chi connectivity index (χ0) is 16.0. The second-order valence-electron chi connectivity index (χ2n) is 4.60. The lowest BCUT2D eigenvalue weighted by Gasteiger charge is -2.21. The van der Waals surface area contributed by atoms with Gasteiger partial charge in [-0.1, -0.05) is 20.3 Å². The van der Waals surface area contributed by atoms with Crippen molar-refractivity contribution in [1.29, 1.82) is 0 Å². The minimum Gasteiger partial charge on any atom is -0.465 e. The van der Waals surface area contributed by atoms with Crippen molar-refractivity contribution >= 4 is 21.7 Å². The van der Waals surface area contributed by atoms with Gasteiger partial charge in [0.15, 0.2) is 0 Å². The zero-order valence-corrected chi connectivity index (χ0v) is 13.4. The summed E-state index contributed by atoms with van der Waals surface area (Å²) in [7, 11) is -2.57. The molecule has 7 heteroatoms. The molecule has 0 saturated heterocycles. The standard InChI is InChI=1S/C14H22N2O4S/c1-4-6-9-16(5-2)21(18,19)13-10-11(15)7-8-12(13)14(17)20-3/h7-8,10H,4-6,9,15H2,1-3H3. The first-order chi connectivity index (χ1) is 9.88. The highest BCUT2D eigenvalue weighted by Gasteiger charge is 2.28. The van der Waals surface area contributed by atoms with Crippen LogP contribution in [-0.2, 0) is 14.8 Å². The molecule has 2 N–H and O–H groups in total. The normalized spacial score (nSPS) is 11.6. The Morgan fingerprint density at radius 2 is 2.00 bits per heavy atom. The number of benzene rings is 1. The molecule has 0 amide bonds. The molecule has 0 aliphatic carbocycles. The third kappa shape index (κ3) is 3.95. The number of nitrogens with zero attached hydrogens (tertiary/aromatic N) is 1. The van der Waals surface area contributed by atoms with Crippen LogP contribution in [0.15, 0.2) is 23.1 Å². The van der Waals surface area contributed by atoms with Crippen molar-refractivity contribution in [2.24, 2.45) is 0 Å². The van der Waals surface area contributed by atoms with Crippen molar-refractivity contribution in [2.75, 3.05) is 25.9 Å². The summed E-state index contributed by atoms with van der Waals surface area (Å²) in [4.78, 5) is 11.7. The van der Waals surface area contributed by atoms with Crippen LogP contribution in [0.5, 0.6) is 0 Å². The number of hydrogen-bond donors (Lipinski definition) is 1. The van der Waals surface area contributed by atoms with Crippen molar-refractivity contribution in [3.63, 3.8) is 0 Å². The van der Waals surface area contributed by atoms with Gasteiger partial charge in [-0.2, -0.15) is 4.31 Å². The van der Waals surface area contributed by atoms with Gasteiger partial charge in [-0.25, -0.2) is 13.2 Å². The average Bonchev–Trinajstić information content (AvgIpc) is 2.47. The molecule has 1 aromatic rings. The number of hydrogen-bond acceptors (Lipinski definition) is 5. The van der Waals surface area contributed by atoms with E-state index < -0.39 is 16.0 Å².